The molecule has 1 aliphatic carbocycles. The molecule has 0 aromatic carbocycles. The van der Waals surface area contributed by atoms with E-state index in [9.17, 15) is 9.59 Å². The first-order valence-electron chi connectivity index (χ1n) is 7.29. The van der Waals surface area contributed by atoms with Gasteiger partial charge in [0, 0.05) is 33.2 Å². The number of ether oxygens (including phenoxy) is 1. The number of amides is 2. The van der Waals surface area contributed by atoms with Crippen LogP contribution in [0, 0.1) is 0 Å². The highest BCUT2D eigenvalue weighted by molar-refractivity contribution is 5.90. The van der Waals surface area contributed by atoms with Crippen LogP contribution in [-0.4, -0.2) is 60.0 Å². The highest BCUT2D eigenvalue weighted by Gasteiger charge is 2.44. The molecule has 2 heterocycles. The number of carbonyl (C=O) groups is 2. The quantitative estimate of drug-likeness (QED) is 0.758. The van der Waals surface area contributed by atoms with Crippen molar-refractivity contribution in [3.63, 3.8) is 0 Å². The van der Waals surface area contributed by atoms with Gasteiger partial charge in [-0.25, -0.2) is 0 Å². The van der Waals surface area contributed by atoms with E-state index >= 15 is 0 Å². The van der Waals surface area contributed by atoms with Crippen molar-refractivity contribution in [2.45, 2.75) is 50.2 Å². The molecule has 1 saturated carbocycles. The molecule has 0 aromatic heterocycles. The summed E-state index contributed by atoms with van der Waals surface area (Å²) in [5.74, 6) is 0.269. The largest absolute Gasteiger partial charge is 0.376 e. The Morgan fingerprint density at radius 1 is 1.26 bits per heavy atom. The minimum absolute atomic E-state index is 0.131. The minimum atomic E-state index is -0.205. The van der Waals surface area contributed by atoms with E-state index in [0.29, 0.717) is 19.5 Å². The summed E-state index contributed by atoms with van der Waals surface area (Å²) in [5, 5.41) is 0. The van der Waals surface area contributed by atoms with E-state index in [1.54, 1.807) is 12.0 Å². The van der Waals surface area contributed by atoms with Crippen LogP contribution < -0.4 is 0 Å². The van der Waals surface area contributed by atoms with Gasteiger partial charge in [0.1, 0.15) is 6.04 Å². The van der Waals surface area contributed by atoms with E-state index in [1.165, 1.54) is 6.42 Å². The standard InChI is InChI=1S/C14H22N2O3/c1-19-14(6-3-7-14)10-15-9-5-12(17)16-8-2-4-11(16)13(15)18/h11H,2-10H2,1H3. The molecule has 5 heteroatoms. The summed E-state index contributed by atoms with van der Waals surface area (Å²) in [4.78, 5) is 28.3. The maximum Gasteiger partial charge on any atom is 0.245 e. The minimum Gasteiger partial charge on any atom is -0.376 e. The number of rotatable bonds is 3. The number of hydrogen-bond donors (Lipinski definition) is 0. The average molecular weight is 266 g/mol. The van der Waals surface area contributed by atoms with Gasteiger partial charge in [0.25, 0.3) is 0 Å². The molecule has 3 rings (SSSR count). The molecule has 1 atom stereocenters. The average Bonchev–Trinajstić information content (AvgIpc) is 2.81. The molecule has 0 bridgehead atoms. The molecule has 0 radical (unpaired) electrons. The maximum atomic E-state index is 12.6. The van der Waals surface area contributed by atoms with Gasteiger partial charge in [-0.2, -0.15) is 0 Å². The van der Waals surface area contributed by atoms with Crippen molar-refractivity contribution in [2.24, 2.45) is 0 Å². The molecule has 106 valence electrons. The van der Waals surface area contributed by atoms with Gasteiger partial charge in [-0.05, 0) is 32.1 Å². The van der Waals surface area contributed by atoms with Crippen LogP contribution in [-0.2, 0) is 14.3 Å². The molecule has 0 aromatic rings. The molecule has 19 heavy (non-hydrogen) atoms. The van der Waals surface area contributed by atoms with E-state index in [0.717, 1.165) is 32.2 Å². The second-order valence-electron chi connectivity index (χ2n) is 6.00. The first-order valence-corrected chi connectivity index (χ1v) is 7.29. The zero-order chi connectivity index (χ0) is 13.5. The Labute approximate surface area is 113 Å². The van der Waals surface area contributed by atoms with Crippen LogP contribution in [0.25, 0.3) is 0 Å². The predicted molar refractivity (Wildman–Crippen MR) is 69.5 cm³/mol. The van der Waals surface area contributed by atoms with Crippen molar-refractivity contribution in [3.05, 3.63) is 0 Å². The molecule has 5 nitrogen and oxygen atoms in total. The van der Waals surface area contributed by atoms with Gasteiger partial charge in [-0.3, -0.25) is 9.59 Å². The molecule has 2 saturated heterocycles. The summed E-state index contributed by atoms with van der Waals surface area (Å²) in [5.41, 5.74) is -0.146. The molecule has 1 unspecified atom stereocenters. The lowest BCUT2D eigenvalue weighted by Crippen LogP contribution is -2.53. The highest BCUT2D eigenvalue weighted by atomic mass is 16.5. The smallest absolute Gasteiger partial charge is 0.245 e. The van der Waals surface area contributed by atoms with Gasteiger partial charge in [-0.1, -0.05) is 0 Å². The number of carbonyl (C=O) groups excluding carboxylic acids is 2. The van der Waals surface area contributed by atoms with E-state index in [4.69, 9.17) is 4.74 Å². The molecular weight excluding hydrogens is 244 g/mol. The zero-order valence-corrected chi connectivity index (χ0v) is 11.6. The fourth-order valence-electron chi connectivity index (χ4n) is 3.52. The Kier molecular flexibility index (Phi) is 3.25. The van der Waals surface area contributed by atoms with E-state index in [2.05, 4.69) is 0 Å². The van der Waals surface area contributed by atoms with E-state index in [1.807, 2.05) is 4.90 Å². The summed E-state index contributed by atoms with van der Waals surface area (Å²) in [6, 6.07) is -0.205. The SMILES string of the molecule is COC1(CN2CCC(=O)N3CCCC3C2=O)CCC1. The number of nitrogens with zero attached hydrogens (tertiary/aromatic N) is 2. The lowest BCUT2D eigenvalue weighted by Gasteiger charge is -2.43. The second kappa shape index (κ2) is 4.78. The second-order valence-corrected chi connectivity index (χ2v) is 6.00. The maximum absolute atomic E-state index is 12.6. The molecule has 0 spiro atoms. The van der Waals surface area contributed by atoms with Crippen LogP contribution in [0.5, 0.6) is 0 Å². The summed E-state index contributed by atoms with van der Waals surface area (Å²) < 4.78 is 5.61. The molecule has 2 amide bonds. The van der Waals surface area contributed by atoms with Gasteiger partial charge in [-0.15, -0.1) is 0 Å². The summed E-state index contributed by atoms with van der Waals surface area (Å²) >= 11 is 0. The van der Waals surface area contributed by atoms with Crippen molar-refractivity contribution < 1.29 is 14.3 Å². The Balaban J connectivity index is 1.74. The van der Waals surface area contributed by atoms with E-state index in [-0.39, 0.29) is 23.5 Å². The lowest BCUT2D eigenvalue weighted by atomic mass is 9.79. The van der Waals surface area contributed by atoms with Gasteiger partial charge in [0.05, 0.1) is 5.60 Å². The third-order valence-corrected chi connectivity index (χ3v) is 4.94. The van der Waals surface area contributed by atoms with Crippen molar-refractivity contribution in [1.82, 2.24) is 9.80 Å². The first-order chi connectivity index (χ1) is 9.15. The fourth-order valence-corrected chi connectivity index (χ4v) is 3.52. The number of hydrogen-bond acceptors (Lipinski definition) is 3. The number of fused-ring (bicyclic) bond motifs is 1. The van der Waals surface area contributed by atoms with Gasteiger partial charge < -0.3 is 14.5 Å². The topological polar surface area (TPSA) is 49.9 Å². The van der Waals surface area contributed by atoms with Gasteiger partial charge >= 0.3 is 0 Å². The van der Waals surface area contributed by atoms with Crippen molar-refractivity contribution in [1.29, 1.82) is 0 Å². The van der Waals surface area contributed by atoms with Gasteiger partial charge in [0.15, 0.2) is 0 Å². The van der Waals surface area contributed by atoms with Crippen LogP contribution in [0.3, 0.4) is 0 Å². The van der Waals surface area contributed by atoms with Crippen LogP contribution in [0.15, 0.2) is 0 Å². The summed E-state index contributed by atoms with van der Waals surface area (Å²) in [6.07, 6.45) is 5.45. The summed E-state index contributed by atoms with van der Waals surface area (Å²) in [6.45, 7) is 1.95. The van der Waals surface area contributed by atoms with Crippen molar-refractivity contribution in [2.75, 3.05) is 26.7 Å². The third kappa shape index (κ3) is 2.14. The lowest BCUT2D eigenvalue weighted by molar-refractivity contribution is -0.145. The van der Waals surface area contributed by atoms with Crippen LogP contribution in [0.4, 0.5) is 0 Å². The van der Waals surface area contributed by atoms with Crippen molar-refractivity contribution in [3.8, 4) is 0 Å². The van der Waals surface area contributed by atoms with Gasteiger partial charge in [0.2, 0.25) is 11.8 Å². The Bertz CT molecular complexity index is 387. The molecule has 0 N–H and O–H groups in total. The molecule has 2 aliphatic heterocycles. The van der Waals surface area contributed by atoms with Crippen LogP contribution in [0.2, 0.25) is 0 Å². The predicted octanol–water partition coefficient (Wildman–Crippen LogP) is 0.779. The van der Waals surface area contributed by atoms with Crippen molar-refractivity contribution >= 4 is 11.8 Å². The monoisotopic (exact) mass is 266 g/mol. The third-order valence-electron chi connectivity index (χ3n) is 4.94. The zero-order valence-electron chi connectivity index (χ0n) is 11.6. The Morgan fingerprint density at radius 3 is 2.68 bits per heavy atom. The Morgan fingerprint density at radius 2 is 2.05 bits per heavy atom. The fraction of sp³-hybridized carbons (Fsp3) is 0.857. The van der Waals surface area contributed by atoms with Crippen LogP contribution in [0.1, 0.15) is 38.5 Å². The molecule has 3 aliphatic rings. The molecular formula is C14H22N2O3. The summed E-state index contributed by atoms with van der Waals surface area (Å²) in [7, 11) is 1.73. The van der Waals surface area contributed by atoms with E-state index < -0.39 is 0 Å². The first kappa shape index (κ1) is 12.9. The highest BCUT2D eigenvalue weighted by Crippen LogP contribution is 2.36. The Hall–Kier alpha value is -1.10. The number of methoxy groups -OCH3 is 1. The van der Waals surface area contributed by atoms with Crippen LogP contribution >= 0.6 is 0 Å². The molecule has 3 fully saturated rings. The normalized spacial score (nSPS) is 30.1.